The minimum Gasteiger partial charge on any atom is -0.306 e. The number of carbonyl (C=O) groups excluding carboxylic acids is 1. The van der Waals surface area contributed by atoms with Crippen molar-refractivity contribution >= 4 is 34.9 Å². The number of aromatic nitrogens is 2. The van der Waals surface area contributed by atoms with E-state index in [0.717, 1.165) is 16.9 Å². The molecular formula is C21H21Cl2N3O. The third-order valence-electron chi connectivity index (χ3n) is 4.18. The first-order valence-electron chi connectivity index (χ1n) is 8.59. The number of carbonyl (C=O) groups is 1. The standard InChI is InChI=1S/C21H21Cl2N3O/c1-13-5-8-15(9-6-13)26-19(12-18(25-26)21(2,3)4)24-20(27)14-7-10-16(22)17(23)11-14/h5-12H,1-4H3,(H,24,27). The second-order valence-corrected chi connectivity index (χ2v) is 8.31. The summed E-state index contributed by atoms with van der Waals surface area (Å²) in [6, 6.07) is 14.7. The Bertz CT molecular complexity index is 986. The predicted octanol–water partition coefficient (Wildman–Crippen LogP) is 6.04. The highest BCUT2D eigenvalue weighted by Crippen LogP contribution is 2.27. The van der Waals surface area contributed by atoms with E-state index in [9.17, 15) is 4.79 Å². The second-order valence-electron chi connectivity index (χ2n) is 7.50. The summed E-state index contributed by atoms with van der Waals surface area (Å²) < 4.78 is 1.75. The van der Waals surface area contributed by atoms with Crippen molar-refractivity contribution in [1.29, 1.82) is 0 Å². The highest BCUT2D eigenvalue weighted by molar-refractivity contribution is 6.42. The molecule has 0 aliphatic heterocycles. The summed E-state index contributed by atoms with van der Waals surface area (Å²) in [6.45, 7) is 8.28. The van der Waals surface area contributed by atoms with Crippen molar-refractivity contribution in [1.82, 2.24) is 9.78 Å². The molecular weight excluding hydrogens is 381 g/mol. The molecule has 0 fully saturated rings. The van der Waals surface area contributed by atoms with Crippen molar-refractivity contribution in [2.75, 3.05) is 5.32 Å². The summed E-state index contributed by atoms with van der Waals surface area (Å²) in [7, 11) is 0. The number of hydrogen-bond donors (Lipinski definition) is 1. The largest absolute Gasteiger partial charge is 0.306 e. The number of nitrogens with zero attached hydrogens (tertiary/aromatic N) is 2. The Morgan fingerprint density at radius 3 is 2.26 bits per heavy atom. The van der Waals surface area contributed by atoms with Gasteiger partial charge in [0, 0.05) is 17.0 Å². The molecule has 6 heteroatoms. The van der Waals surface area contributed by atoms with E-state index < -0.39 is 0 Å². The van der Waals surface area contributed by atoms with Gasteiger partial charge in [-0.05, 0) is 37.3 Å². The molecule has 4 nitrogen and oxygen atoms in total. The molecule has 0 bridgehead atoms. The van der Waals surface area contributed by atoms with Crippen molar-refractivity contribution in [2.24, 2.45) is 0 Å². The molecule has 2 aromatic carbocycles. The lowest BCUT2D eigenvalue weighted by molar-refractivity contribution is 0.102. The fraction of sp³-hybridized carbons (Fsp3) is 0.238. The van der Waals surface area contributed by atoms with E-state index in [1.165, 1.54) is 0 Å². The molecule has 0 radical (unpaired) electrons. The molecule has 1 N–H and O–H groups in total. The maximum Gasteiger partial charge on any atom is 0.256 e. The van der Waals surface area contributed by atoms with Crippen LogP contribution in [0.1, 0.15) is 42.4 Å². The average molecular weight is 402 g/mol. The first-order chi connectivity index (χ1) is 12.6. The van der Waals surface area contributed by atoms with Gasteiger partial charge in [-0.2, -0.15) is 5.10 Å². The number of benzene rings is 2. The highest BCUT2D eigenvalue weighted by atomic mass is 35.5. The van der Waals surface area contributed by atoms with Crippen molar-refractivity contribution in [3.8, 4) is 5.69 Å². The Morgan fingerprint density at radius 1 is 1.00 bits per heavy atom. The smallest absolute Gasteiger partial charge is 0.256 e. The van der Waals surface area contributed by atoms with Crippen molar-refractivity contribution < 1.29 is 4.79 Å². The number of hydrogen-bond acceptors (Lipinski definition) is 2. The quantitative estimate of drug-likeness (QED) is 0.581. The molecule has 0 aliphatic carbocycles. The van der Waals surface area contributed by atoms with Gasteiger partial charge in [-0.25, -0.2) is 4.68 Å². The summed E-state index contributed by atoms with van der Waals surface area (Å²) in [6.07, 6.45) is 0. The first kappa shape index (κ1) is 19.5. The SMILES string of the molecule is Cc1ccc(-n2nc(C(C)(C)C)cc2NC(=O)c2ccc(Cl)c(Cl)c2)cc1. The maximum atomic E-state index is 12.7. The molecule has 0 aliphatic rings. The zero-order chi connectivity index (χ0) is 19.8. The van der Waals surface area contributed by atoms with E-state index in [0.29, 0.717) is 21.4 Å². The molecule has 0 saturated heterocycles. The number of halogens is 2. The normalized spacial score (nSPS) is 11.5. The molecule has 0 saturated carbocycles. The molecule has 1 heterocycles. The summed E-state index contributed by atoms with van der Waals surface area (Å²) in [5, 5.41) is 8.40. The molecule has 1 aromatic heterocycles. The number of nitrogens with one attached hydrogen (secondary N) is 1. The van der Waals surface area contributed by atoms with Gasteiger partial charge in [0.1, 0.15) is 5.82 Å². The van der Waals surface area contributed by atoms with Crippen molar-refractivity contribution in [2.45, 2.75) is 33.1 Å². The molecule has 0 spiro atoms. The monoisotopic (exact) mass is 401 g/mol. The summed E-state index contributed by atoms with van der Waals surface area (Å²) in [5.74, 6) is 0.321. The second kappa shape index (κ2) is 7.37. The minimum absolute atomic E-state index is 0.154. The molecule has 1 amide bonds. The molecule has 3 rings (SSSR count). The fourth-order valence-electron chi connectivity index (χ4n) is 2.55. The summed E-state index contributed by atoms with van der Waals surface area (Å²) >= 11 is 12.0. The number of rotatable bonds is 3. The predicted molar refractivity (Wildman–Crippen MR) is 111 cm³/mol. The van der Waals surface area contributed by atoms with Gasteiger partial charge in [-0.3, -0.25) is 4.79 Å². The van der Waals surface area contributed by atoms with Crippen LogP contribution in [0.3, 0.4) is 0 Å². The van der Waals surface area contributed by atoms with Crippen LogP contribution in [0.4, 0.5) is 5.82 Å². The lowest BCUT2D eigenvalue weighted by atomic mass is 9.92. The van der Waals surface area contributed by atoms with E-state index in [2.05, 4.69) is 26.1 Å². The zero-order valence-corrected chi connectivity index (χ0v) is 17.2. The average Bonchev–Trinajstić information content (AvgIpc) is 3.02. The minimum atomic E-state index is -0.276. The molecule has 0 atom stereocenters. The van der Waals surface area contributed by atoms with E-state index in [1.807, 2.05) is 37.3 Å². The maximum absolute atomic E-state index is 12.7. The van der Waals surface area contributed by atoms with Gasteiger partial charge in [0.2, 0.25) is 0 Å². The van der Waals surface area contributed by atoms with E-state index in [1.54, 1.807) is 22.9 Å². The molecule has 0 unspecified atom stereocenters. The third kappa shape index (κ3) is 4.34. The van der Waals surface area contributed by atoms with Crippen LogP contribution in [-0.4, -0.2) is 15.7 Å². The summed E-state index contributed by atoms with van der Waals surface area (Å²) in [4.78, 5) is 12.7. The van der Waals surface area contributed by atoms with Crippen LogP contribution in [0.15, 0.2) is 48.5 Å². The van der Waals surface area contributed by atoms with Gasteiger partial charge in [-0.1, -0.05) is 61.7 Å². The van der Waals surface area contributed by atoms with Crippen LogP contribution in [-0.2, 0) is 5.41 Å². The van der Waals surface area contributed by atoms with Crippen molar-refractivity contribution in [3.05, 3.63) is 75.4 Å². The third-order valence-corrected chi connectivity index (χ3v) is 4.92. The van der Waals surface area contributed by atoms with Gasteiger partial charge in [0.15, 0.2) is 0 Å². The van der Waals surface area contributed by atoms with Crippen LogP contribution in [0.25, 0.3) is 5.69 Å². The van der Waals surface area contributed by atoms with Crippen LogP contribution < -0.4 is 5.32 Å². The number of amides is 1. The van der Waals surface area contributed by atoms with Crippen molar-refractivity contribution in [3.63, 3.8) is 0 Å². The Kier molecular flexibility index (Phi) is 5.31. The van der Waals surface area contributed by atoms with E-state index >= 15 is 0 Å². The van der Waals surface area contributed by atoms with Gasteiger partial charge in [0.05, 0.1) is 21.4 Å². The zero-order valence-electron chi connectivity index (χ0n) is 15.7. The van der Waals surface area contributed by atoms with Crippen LogP contribution in [0, 0.1) is 6.92 Å². The van der Waals surface area contributed by atoms with Gasteiger partial charge in [-0.15, -0.1) is 0 Å². The number of anilines is 1. The lowest BCUT2D eigenvalue weighted by Crippen LogP contribution is -2.15. The lowest BCUT2D eigenvalue weighted by Gasteiger charge is -2.14. The van der Waals surface area contributed by atoms with E-state index in [-0.39, 0.29) is 11.3 Å². The number of aryl methyl sites for hydroxylation is 1. The van der Waals surface area contributed by atoms with Gasteiger partial charge >= 0.3 is 0 Å². The van der Waals surface area contributed by atoms with Crippen LogP contribution in [0.2, 0.25) is 10.0 Å². The van der Waals surface area contributed by atoms with Gasteiger partial charge < -0.3 is 5.32 Å². The van der Waals surface area contributed by atoms with Gasteiger partial charge in [0.25, 0.3) is 5.91 Å². The first-order valence-corrected chi connectivity index (χ1v) is 9.35. The Balaban J connectivity index is 2.00. The topological polar surface area (TPSA) is 46.9 Å². The molecule has 3 aromatic rings. The van der Waals surface area contributed by atoms with Crippen LogP contribution >= 0.6 is 23.2 Å². The fourth-order valence-corrected chi connectivity index (χ4v) is 2.84. The van der Waals surface area contributed by atoms with Crippen LogP contribution in [0.5, 0.6) is 0 Å². The Hall–Kier alpha value is -2.30. The summed E-state index contributed by atoms with van der Waals surface area (Å²) in [5.41, 5.74) is 3.19. The highest BCUT2D eigenvalue weighted by Gasteiger charge is 2.22. The Labute approximate surface area is 169 Å². The molecule has 27 heavy (non-hydrogen) atoms. The Morgan fingerprint density at radius 2 is 1.67 bits per heavy atom. The van der Waals surface area contributed by atoms with E-state index in [4.69, 9.17) is 28.3 Å². The molecule has 140 valence electrons.